The molecule has 0 saturated carbocycles. The predicted molar refractivity (Wildman–Crippen MR) is 129 cm³/mol. The number of nitrogens with one attached hydrogen (secondary N) is 2. The van der Waals surface area contributed by atoms with Gasteiger partial charge in [-0.2, -0.15) is 0 Å². The molecule has 2 aromatic carbocycles. The highest BCUT2D eigenvalue weighted by Crippen LogP contribution is 2.44. The van der Waals surface area contributed by atoms with Crippen molar-refractivity contribution in [2.24, 2.45) is 5.92 Å². The van der Waals surface area contributed by atoms with E-state index in [0.717, 1.165) is 22.3 Å². The second kappa shape index (κ2) is 11.4. The first-order chi connectivity index (χ1) is 16.3. The number of carboxylic acid groups (broad SMARTS) is 1. The van der Waals surface area contributed by atoms with E-state index in [1.54, 1.807) is 6.92 Å². The zero-order valence-electron chi connectivity index (χ0n) is 19.6. The quantitative estimate of drug-likeness (QED) is 0.490. The lowest BCUT2D eigenvalue weighted by Gasteiger charge is -2.24. The van der Waals surface area contributed by atoms with Crippen LogP contribution in [0.15, 0.2) is 48.5 Å². The molecule has 1 aliphatic carbocycles. The molecule has 0 spiro atoms. The Morgan fingerprint density at radius 2 is 1.59 bits per heavy atom. The fourth-order valence-electron chi connectivity index (χ4n) is 4.12. The number of alkyl carbamates (subject to hydrolysis) is 1. The molecule has 0 fully saturated rings. The molecule has 3 rings (SSSR count). The van der Waals surface area contributed by atoms with Crippen molar-refractivity contribution in [2.45, 2.75) is 51.6 Å². The summed E-state index contributed by atoms with van der Waals surface area (Å²) in [5.41, 5.74) is 4.44. The van der Waals surface area contributed by atoms with Crippen LogP contribution in [0.4, 0.5) is 4.79 Å². The van der Waals surface area contributed by atoms with E-state index < -0.39 is 30.1 Å². The minimum Gasteiger partial charge on any atom is -0.481 e. The van der Waals surface area contributed by atoms with Crippen molar-refractivity contribution in [3.63, 3.8) is 0 Å². The van der Waals surface area contributed by atoms with Gasteiger partial charge in [-0.15, -0.1) is 11.8 Å². The molecule has 7 heteroatoms. The van der Waals surface area contributed by atoms with Gasteiger partial charge in [0.05, 0.1) is 6.42 Å². The Kier molecular flexibility index (Phi) is 8.31. The smallest absolute Gasteiger partial charge is 0.407 e. The Labute approximate surface area is 199 Å². The average Bonchev–Trinajstić information content (AvgIpc) is 3.13. The summed E-state index contributed by atoms with van der Waals surface area (Å²) in [5, 5.41) is 14.4. The molecule has 2 amide bonds. The van der Waals surface area contributed by atoms with Crippen molar-refractivity contribution in [1.82, 2.24) is 10.6 Å². The van der Waals surface area contributed by atoms with E-state index in [2.05, 4.69) is 34.6 Å². The molecule has 2 aromatic rings. The number of hydrogen-bond acceptors (Lipinski definition) is 4. The number of benzene rings is 2. The standard InChI is InChI=1S/C27H30N2O5/c1-4-5-14-23(26(32)28-24(17(2)3)15-25(30)31)29-27(33)34-16-22-20-12-8-6-10-18(20)19-11-7-9-13-21(19)22/h6-13,17,22-24H,14-16H2,1-3H3,(H,28,32)(H,29,33)(H,30,31)/t23?,24-/m1/s1. The molecule has 34 heavy (non-hydrogen) atoms. The molecule has 178 valence electrons. The van der Waals surface area contributed by atoms with Gasteiger partial charge in [0.15, 0.2) is 0 Å². The summed E-state index contributed by atoms with van der Waals surface area (Å²) in [7, 11) is 0. The highest BCUT2D eigenvalue weighted by molar-refractivity contribution is 5.86. The van der Waals surface area contributed by atoms with Crippen molar-refractivity contribution < 1.29 is 24.2 Å². The Morgan fingerprint density at radius 1 is 1.00 bits per heavy atom. The first kappa shape index (κ1) is 24.8. The third kappa shape index (κ3) is 5.96. The number of rotatable bonds is 9. The summed E-state index contributed by atoms with van der Waals surface area (Å²) in [6, 6.07) is 14.5. The van der Waals surface area contributed by atoms with E-state index in [0.29, 0.717) is 0 Å². The maximum absolute atomic E-state index is 12.8. The second-order valence-corrected chi connectivity index (χ2v) is 8.61. The minimum absolute atomic E-state index is 0.0877. The monoisotopic (exact) mass is 462 g/mol. The maximum Gasteiger partial charge on any atom is 0.407 e. The Balaban J connectivity index is 1.67. The molecule has 1 aliphatic rings. The summed E-state index contributed by atoms with van der Waals surface area (Å²) in [6.45, 7) is 5.42. The molecular weight excluding hydrogens is 432 g/mol. The molecule has 0 bridgehead atoms. The summed E-state index contributed by atoms with van der Waals surface area (Å²) >= 11 is 0. The molecule has 7 nitrogen and oxygen atoms in total. The first-order valence-electron chi connectivity index (χ1n) is 11.3. The van der Waals surface area contributed by atoms with Crippen molar-refractivity contribution in [2.75, 3.05) is 6.61 Å². The molecule has 0 aromatic heterocycles. The zero-order valence-corrected chi connectivity index (χ0v) is 19.6. The fraction of sp³-hybridized carbons (Fsp3) is 0.370. The van der Waals surface area contributed by atoms with Crippen molar-refractivity contribution in [1.29, 1.82) is 0 Å². The molecule has 0 radical (unpaired) electrons. The van der Waals surface area contributed by atoms with Crippen LogP contribution in [-0.2, 0) is 14.3 Å². The molecule has 2 atom stereocenters. The van der Waals surface area contributed by atoms with Gasteiger partial charge in [-0.1, -0.05) is 62.4 Å². The van der Waals surface area contributed by atoms with Crippen LogP contribution in [-0.4, -0.2) is 41.8 Å². The van der Waals surface area contributed by atoms with E-state index >= 15 is 0 Å². The molecule has 0 saturated heterocycles. The van der Waals surface area contributed by atoms with E-state index in [4.69, 9.17) is 9.84 Å². The van der Waals surface area contributed by atoms with Gasteiger partial charge in [0.1, 0.15) is 12.6 Å². The van der Waals surface area contributed by atoms with Gasteiger partial charge < -0.3 is 20.5 Å². The van der Waals surface area contributed by atoms with Gasteiger partial charge in [-0.25, -0.2) is 4.79 Å². The second-order valence-electron chi connectivity index (χ2n) is 8.61. The fourth-order valence-corrected chi connectivity index (χ4v) is 4.12. The summed E-state index contributed by atoms with van der Waals surface area (Å²) in [6.07, 6.45) is -0.843. The Bertz CT molecular complexity index is 1070. The SMILES string of the molecule is CC#CCC(NC(=O)OCC1c2ccccc2-c2ccccc21)C(=O)N[C@H](CC(=O)O)C(C)C. The molecule has 0 aliphatic heterocycles. The topological polar surface area (TPSA) is 105 Å². The molecule has 3 N–H and O–H groups in total. The van der Waals surface area contributed by atoms with Crippen LogP contribution in [0.2, 0.25) is 0 Å². The normalized spacial score (nSPS) is 13.6. The van der Waals surface area contributed by atoms with Gasteiger partial charge >= 0.3 is 12.1 Å². The van der Waals surface area contributed by atoms with Gasteiger partial charge in [-0.3, -0.25) is 9.59 Å². The van der Waals surface area contributed by atoms with Gasteiger partial charge in [0, 0.05) is 18.4 Å². The van der Waals surface area contributed by atoms with Gasteiger partial charge in [0.2, 0.25) is 5.91 Å². The summed E-state index contributed by atoms with van der Waals surface area (Å²) < 4.78 is 5.54. The van der Waals surface area contributed by atoms with Crippen molar-refractivity contribution in [3.8, 4) is 23.0 Å². The summed E-state index contributed by atoms with van der Waals surface area (Å²) in [5.74, 6) is 3.84. The molecule has 0 heterocycles. The lowest BCUT2D eigenvalue weighted by Crippen LogP contribution is -2.51. The van der Waals surface area contributed by atoms with Crippen LogP contribution in [0.25, 0.3) is 11.1 Å². The maximum atomic E-state index is 12.8. The number of hydrogen-bond donors (Lipinski definition) is 3. The van der Waals surface area contributed by atoms with Crippen LogP contribution in [0, 0.1) is 17.8 Å². The lowest BCUT2D eigenvalue weighted by molar-refractivity contribution is -0.138. The third-order valence-electron chi connectivity index (χ3n) is 5.96. The number of fused-ring (bicyclic) bond motifs is 3. The molecule has 1 unspecified atom stereocenters. The predicted octanol–water partition coefficient (Wildman–Crippen LogP) is 3.92. The number of carbonyl (C=O) groups is 3. The Hall–Kier alpha value is -3.79. The van der Waals surface area contributed by atoms with E-state index in [1.165, 1.54) is 0 Å². The Morgan fingerprint density at radius 3 is 2.12 bits per heavy atom. The lowest BCUT2D eigenvalue weighted by atomic mass is 9.98. The number of ether oxygens (including phenoxy) is 1. The van der Waals surface area contributed by atoms with Gasteiger partial charge in [0.25, 0.3) is 0 Å². The zero-order chi connectivity index (χ0) is 24.7. The van der Waals surface area contributed by atoms with E-state index in [9.17, 15) is 14.4 Å². The van der Waals surface area contributed by atoms with Crippen LogP contribution < -0.4 is 10.6 Å². The van der Waals surface area contributed by atoms with E-state index in [-0.39, 0.29) is 31.3 Å². The number of carboxylic acids is 1. The number of aliphatic carboxylic acids is 1. The minimum atomic E-state index is -1.01. The number of carbonyl (C=O) groups excluding carboxylic acids is 2. The van der Waals surface area contributed by atoms with Crippen LogP contribution in [0.1, 0.15) is 50.7 Å². The van der Waals surface area contributed by atoms with Crippen LogP contribution in [0.3, 0.4) is 0 Å². The molecular formula is C27H30N2O5. The largest absolute Gasteiger partial charge is 0.481 e. The van der Waals surface area contributed by atoms with Gasteiger partial charge in [-0.05, 0) is 35.1 Å². The number of amides is 2. The van der Waals surface area contributed by atoms with Crippen LogP contribution >= 0.6 is 0 Å². The van der Waals surface area contributed by atoms with E-state index in [1.807, 2.05) is 50.2 Å². The van der Waals surface area contributed by atoms with Crippen LogP contribution in [0.5, 0.6) is 0 Å². The van der Waals surface area contributed by atoms with Crippen molar-refractivity contribution in [3.05, 3.63) is 59.7 Å². The third-order valence-corrected chi connectivity index (χ3v) is 5.96. The highest BCUT2D eigenvalue weighted by atomic mass is 16.5. The van der Waals surface area contributed by atoms with Crippen molar-refractivity contribution >= 4 is 18.0 Å². The summed E-state index contributed by atoms with van der Waals surface area (Å²) in [4.78, 5) is 36.6. The first-order valence-corrected chi connectivity index (χ1v) is 11.3. The highest BCUT2D eigenvalue weighted by Gasteiger charge is 2.30. The average molecular weight is 463 g/mol.